The zero-order chi connectivity index (χ0) is 15.3. The van der Waals surface area contributed by atoms with E-state index in [0.717, 1.165) is 44.6 Å². The molecule has 1 aliphatic rings. The molecule has 6 heteroatoms. The highest BCUT2D eigenvalue weighted by molar-refractivity contribution is 7.88. The highest BCUT2D eigenvalue weighted by Crippen LogP contribution is 2.19. The van der Waals surface area contributed by atoms with Crippen LogP contribution < -0.4 is 0 Å². The van der Waals surface area contributed by atoms with Crippen molar-refractivity contribution >= 4 is 10.0 Å². The molecule has 5 nitrogen and oxygen atoms in total. The predicted octanol–water partition coefficient (Wildman–Crippen LogP) is 1.37. The molecule has 2 rings (SSSR count). The van der Waals surface area contributed by atoms with E-state index in [9.17, 15) is 8.42 Å². The molecule has 0 aliphatic carbocycles. The molecule has 0 radical (unpaired) electrons. The SMILES string of the molecule is CCN(C1CCN(CCc2ccccn2)CC1)S(C)(=O)=O. The second kappa shape index (κ2) is 7.33. The number of sulfonamides is 1. The van der Waals surface area contributed by atoms with Gasteiger partial charge in [0, 0.05) is 37.4 Å². The van der Waals surface area contributed by atoms with E-state index in [2.05, 4.69) is 16.0 Å². The third kappa shape index (κ3) is 4.76. The summed E-state index contributed by atoms with van der Waals surface area (Å²) in [6.45, 7) is 5.40. The first-order valence-electron chi connectivity index (χ1n) is 7.59. The summed E-state index contributed by atoms with van der Waals surface area (Å²) in [5.41, 5.74) is 1.12. The topological polar surface area (TPSA) is 53.5 Å². The first-order chi connectivity index (χ1) is 10.0. The van der Waals surface area contributed by atoms with E-state index in [1.165, 1.54) is 6.26 Å². The number of hydrogen-bond donors (Lipinski definition) is 0. The lowest BCUT2D eigenvalue weighted by Crippen LogP contribution is -2.47. The molecule has 0 aromatic carbocycles. The lowest BCUT2D eigenvalue weighted by atomic mass is 10.0. The molecule has 1 fully saturated rings. The molecule has 1 aliphatic heterocycles. The lowest BCUT2D eigenvalue weighted by molar-refractivity contribution is 0.163. The van der Waals surface area contributed by atoms with Crippen LogP contribution in [0.1, 0.15) is 25.5 Å². The summed E-state index contributed by atoms with van der Waals surface area (Å²) in [6.07, 6.45) is 5.93. The molecule has 0 bridgehead atoms. The molecule has 0 N–H and O–H groups in total. The Balaban J connectivity index is 1.80. The van der Waals surface area contributed by atoms with E-state index in [1.807, 2.05) is 25.3 Å². The maximum atomic E-state index is 11.8. The van der Waals surface area contributed by atoms with Crippen LogP contribution in [-0.4, -0.2) is 61.1 Å². The Morgan fingerprint density at radius 3 is 2.57 bits per heavy atom. The van der Waals surface area contributed by atoms with Gasteiger partial charge in [0.15, 0.2) is 0 Å². The summed E-state index contributed by atoms with van der Waals surface area (Å²) in [4.78, 5) is 6.74. The van der Waals surface area contributed by atoms with Crippen molar-refractivity contribution in [3.05, 3.63) is 30.1 Å². The summed E-state index contributed by atoms with van der Waals surface area (Å²) in [7, 11) is -3.08. The molecular weight excluding hydrogens is 286 g/mol. The van der Waals surface area contributed by atoms with Gasteiger partial charge in [-0.3, -0.25) is 4.98 Å². The van der Waals surface area contributed by atoms with Crippen LogP contribution in [0.2, 0.25) is 0 Å². The molecule has 2 heterocycles. The minimum absolute atomic E-state index is 0.163. The fourth-order valence-corrected chi connectivity index (χ4v) is 4.23. The van der Waals surface area contributed by atoms with E-state index in [4.69, 9.17) is 0 Å². The van der Waals surface area contributed by atoms with Gasteiger partial charge in [0.2, 0.25) is 10.0 Å². The van der Waals surface area contributed by atoms with Gasteiger partial charge >= 0.3 is 0 Å². The van der Waals surface area contributed by atoms with Crippen molar-refractivity contribution in [2.45, 2.75) is 32.2 Å². The van der Waals surface area contributed by atoms with Crippen LogP contribution in [0.5, 0.6) is 0 Å². The minimum Gasteiger partial charge on any atom is -0.303 e. The van der Waals surface area contributed by atoms with E-state index >= 15 is 0 Å². The van der Waals surface area contributed by atoms with E-state index in [0.29, 0.717) is 6.54 Å². The first-order valence-corrected chi connectivity index (χ1v) is 9.44. The van der Waals surface area contributed by atoms with E-state index in [-0.39, 0.29) is 6.04 Å². The average Bonchev–Trinajstić information content (AvgIpc) is 2.47. The number of pyridine rings is 1. The minimum atomic E-state index is -3.08. The van der Waals surface area contributed by atoms with Gasteiger partial charge < -0.3 is 4.90 Å². The van der Waals surface area contributed by atoms with Crippen LogP contribution in [0.25, 0.3) is 0 Å². The largest absolute Gasteiger partial charge is 0.303 e. The molecule has 0 spiro atoms. The third-order valence-corrected chi connectivity index (χ3v) is 5.52. The quantitative estimate of drug-likeness (QED) is 0.796. The number of hydrogen-bond acceptors (Lipinski definition) is 4. The van der Waals surface area contributed by atoms with Gasteiger partial charge in [0.05, 0.1) is 6.26 Å². The lowest BCUT2D eigenvalue weighted by Gasteiger charge is -2.36. The van der Waals surface area contributed by atoms with Crippen LogP contribution in [-0.2, 0) is 16.4 Å². The zero-order valence-corrected chi connectivity index (χ0v) is 13.7. The van der Waals surface area contributed by atoms with Gasteiger partial charge in [-0.05, 0) is 38.1 Å². The smallest absolute Gasteiger partial charge is 0.211 e. The molecule has 0 amide bonds. The Morgan fingerprint density at radius 2 is 2.05 bits per heavy atom. The van der Waals surface area contributed by atoms with Crippen LogP contribution in [0.15, 0.2) is 24.4 Å². The monoisotopic (exact) mass is 311 g/mol. The number of likely N-dealkylation sites (tertiary alicyclic amines) is 1. The van der Waals surface area contributed by atoms with Crippen molar-refractivity contribution in [2.75, 3.05) is 32.4 Å². The third-order valence-electron chi connectivity index (χ3n) is 4.11. The van der Waals surface area contributed by atoms with Crippen molar-refractivity contribution in [1.29, 1.82) is 0 Å². The highest BCUT2D eigenvalue weighted by Gasteiger charge is 2.28. The summed E-state index contributed by atoms with van der Waals surface area (Å²) in [5, 5.41) is 0. The second-order valence-corrected chi connectivity index (χ2v) is 7.55. The van der Waals surface area contributed by atoms with Crippen molar-refractivity contribution in [2.24, 2.45) is 0 Å². The first kappa shape index (κ1) is 16.4. The molecule has 21 heavy (non-hydrogen) atoms. The average molecular weight is 311 g/mol. The normalized spacial score (nSPS) is 18.2. The molecule has 0 saturated carbocycles. The van der Waals surface area contributed by atoms with Gasteiger partial charge in [-0.25, -0.2) is 8.42 Å². The molecule has 0 atom stereocenters. The Hall–Kier alpha value is -0.980. The predicted molar refractivity (Wildman–Crippen MR) is 84.6 cm³/mol. The Bertz CT molecular complexity index is 525. The fraction of sp³-hybridized carbons (Fsp3) is 0.667. The van der Waals surface area contributed by atoms with Gasteiger partial charge in [0.25, 0.3) is 0 Å². The summed E-state index contributed by atoms with van der Waals surface area (Å²) < 4.78 is 25.2. The molecule has 1 aromatic rings. The number of rotatable bonds is 6. The number of aromatic nitrogens is 1. The van der Waals surface area contributed by atoms with Crippen LogP contribution in [0.3, 0.4) is 0 Å². The van der Waals surface area contributed by atoms with Crippen LogP contribution in [0, 0.1) is 0 Å². The van der Waals surface area contributed by atoms with Crippen molar-refractivity contribution in [1.82, 2.24) is 14.2 Å². The van der Waals surface area contributed by atoms with Gasteiger partial charge in [-0.2, -0.15) is 4.31 Å². The summed E-state index contributed by atoms with van der Waals surface area (Å²) >= 11 is 0. The Morgan fingerprint density at radius 1 is 1.33 bits per heavy atom. The molecule has 1 saturated heterocycles. The van der Waals surface area contributed by atoms with Crippen LogP contribution in [0.4, 0.5) is 0 Å². The molecule has 118 valence electrons. The second-order valence-electron chi connectivity index (χ2n) is 5.61. The highest BCUT2D eigenvalue weighted by atomic mass is 32.2. The maximum absolute atomic E-state index is 11.8. The summed E-state index contributed by atoms with van der Waals surface area (Å²) in [5.74, 6) is 0. The zero-order valence-electron chi connectivity index (χ0n) is 12.9. The van der Waals surface area contributed by atoms with Crippen molar-refractivity contribution in [3.63, 3.8) is 0 Å². The molecule has 1 aromatic heterocycles. The van der Waals surface area contributed by atoms with E-state index < -0.39 is 10.0 Å². The van der Waals surface area contributed by atoms with E-state index in [1.54, 1.807) is 4.31 Å². The van der Waals surface area contributed by atoms with Crippen molar-refractivity contribution in [3.8, 4) is 0 Å². The fourth-order valence-electron chi connectivity index (χ4n) is 3.01. The Labute approximate surface area is 128 Å². The maximum Gasteiger partial charge on any atom is 0.211 e. The van der Waals surface area contributed by atoms with Gasteiger partial charge in [-0.1, -0.05) is 13.0 Å². The Kier molecular flexibility index (Phi) is 5.72. The molecular formula is C15H25N3O2S. The number of piperidine rings is 1. The molecule has 0 unspecified atom stereocenters. The standard InChI is InChI=1S/C15H25N3O2S/c1-3-18(21(2,19)20)15-8-12-17(13-9-15)11-7-14-6-4-5-10-16-14/h4-6,10,15H,3,7-9,11-13H2,1-2H3. The van der Waals surface area contributed by atoms with Gasteiger partial charge in [-0.15, -0.1) is 0 Å². The van der Waals surface area contributed by atoms with Crippen molar-refractivity contribution < 1.29 is 8.42 Å². The summed E-state index contributed by atoms with van der Waals surface area (Å²) in [6, 6.07) is 6.16. The van der Waals surface area contributed by atoms with Crippen LogP contribution >= 0.6 is 0 Å². The van der Waals surface area contributed by atoms with Gasteiger partial charge in [0.1, 0.15) is 0 Å². The number of nitrogens with zero attached hydrogens (tertiary/aromatic N) is 3.